The van der Waals surface area contributed by atoms with Gasteiger partial charge < -0.3 is 30.1 Å². The van der Waals surface area contributed by atoms with Gasteiger partial charge in [-0.15, -0.1) is 0 Å². The molecule has 0 saturated carbocycles. The number of hydrogen-bond donors (Lipinski definition) is 3. The summed E-state index contributed by atoms with van der Waals surface area (Å²) in [7, 11) is 3.24. The number of hydrogen-bond acceptors (Lipinski definition) is 6. The molecule has 0 bridgehead atoms. The number of ether oxygens (including phenoxy) is 2. The highest BCUT2D eigenvalue weighted by molar-refractivity contribution is 5.79. The number of carbonyl (C=O) groups is 2. The highest BCUT2D eigenvalue weighted by Gasteiger charge is 2.22. The lowest BCUT2D eigenvalue weighted by molar-refractivity contribution is -0.131. The van der Waals surface area contributed by atoms with Crippen LogP contribution in [-0.4, -0.2) is 67.8 Å². The Hall–Kier alpha value is -3.10. The van der Waals surface area contributed by atoms with Gasteiger partial charge in [-0.05, 0) is 61.1 Å². The van der Waals surface area contributed by atoms with Crippen LogP contribution in [0.5, 0.6) is 11.5 Å². The van der Waals surface area contributed by atoms with E-state index in [0.717, 1.165) is 48.6 Å². The lowest BCUT2D eigenvalue weighted by atomic mass is 10.00. The highest BCUT2D eigenvalue weighted by atomic mass is 16.5. The molecule has 2 amide bonds. The Labute approximate surface area is 227 Å². The van der Waals surface area contributed by atoms with E-state index >= 15 is 0 Å². The fourth-order valence-electron chi connectivity index (χ4n) is 4.36. The highest BCUT2D eigenvalue weighted by Crippen LogP contribution is 2.16. The standard InChI is InChI=1S/C30H45N3O5/c1-5-16-33(17-6-2)30(36)15-9-14-29(35)32-27(20-23-10-7-12-25(18-23)37-3)28(34)22-31-21-24-11-8-13-26(19-24)38-4/h7-8,10-13,18-19,27-28,31,34H,5-6,9,14-17,20-22H2,1-4H3,(H,32,35)/t27-,28+/m0/s1. The molecule has 0 saturated heterocycles. The Kier molecular flexibility index (Phi) is 14.3. The monoisotopic (exact) mass is 527 g/mol. The van der Waals surface area contributed by atoms with E-state index in [2.05, 4.69) is 24.5 Å². The minimum atomic E-state index is -0.818. The van der Waals surface area contributed by atoms with Gasteiger partial charge in [0.15, 0.2) is 0 Å². The molecule has 0 aromatic heterocycles. The van der Waals surface area contributed by atoms with Gasteiger partial charge in [-0.1, -0.05) is 38.1 Å². The van der Waals surface area contributed by atoms with Crippen molar-refractivity contribution >= 4 is 11.8 Å². The van der Waals surface area contributed by atoms with Crippen molar-refractivity contribution in [3.8, 4) is 11.5 Å². The predicted octanol–water partition coefficient (Wildman–Crippen LogP) is 3.70. The fraction of sp³-hybridized carbons (Fsp3) is 0.533. The molecule has 38 heavy (non-hydrogen) atoms. The molecule has 0 unspecified atom stereocenters. The van der Waals surface area contributed by atoms with Crippen molar-refractivity contribution in [3.63, 3.8) is 0 Å². The number of aliphatic hydroxyl groups excluding tert-OH is 1. The van der Waals surface area contributed by atoms with Gasteiger partial charge in [0.25, 0.3) is 0 Å². The summed E-state index contributed by atoms with van der Waals surface area (Å²) in [6.45, 7) is 6.47. The lowest BCUT2D eigenvalue weighted by Crippen LogP contribution is -2.48. The minimum Gasteiger partial charge on any atom is -0.497 e. The molecule has 0 radical (unpaired) electrons. The number of amides is 2. The SMILES string of the molecule is CCCN(CCC)C(=O)CCCC(=O)N[C@@H](Cc1cccc(OC)c1)[C@H](O)CNCc1cccc(OC)c1. The summed E-state index contributed by atoms with van der Waals surface area (Å²) in [5, 5.41) is 17.3. The van der Waals surface area contributed by atoms with Crippen molar-refractivity contribution in [2.75, 3.05) is 33.9 Å². The van der Waals surface area contributed by atoms with Crippen molar-refractivity contribution in [1.29, 1.82) is 0 Å². The largest absolute Gasteiger partial charge is 0.497 e. The predicted molar refractivity (Wildman–Crippen MR) is 150 cm³/mol. The fourth-order valence-corrected chi connectivity index (χ4v) is 4.36. The van der Waals surface area contributed by atoms with Crippen LogP contribution in [0.2, 0.25) is 0 Å². The van der Waals surface area contributed by atoms with Gasteiger partial charge >= 0.3 is 0 Å². The summed E-state index contributed by atoms with van der Waals surface area (Å²) >= 11 is 0. The Bertz CT molecular complexity index is 978. The van der Waals surface area contributed by atoms with Gasteiger partial charge in [-0.2, -0.15) is 0 Å². The maximum atomic E-state index is 12.8. The zero-order valence-electron chi connectivity index (χ0n) is 23.4. The number of benzene rings is 2. The second-order valence-electron chi connectivity index (χ2n) is 9.51. The molecular formula is C30H45N3O5. The third-order valence-electron chi connectivity index (χ3n) is 6.35. The van der Waals surface area contributed by atoms with E-state index in [9.17, 15) is 14.7 Å². The number of methoxy groups -OCH3 is 2. The summed E-state index contributed by atoms with van der Waals surface area (Å²) in [6, 6.07) is 14.9. The molecule has 210 valence electrons. The summed E-state index contributed by atoms with van der Waals surface area (Å²) in [4.78, 5) is 27.2. The number of nitrogens with zero attached hydrogens (tertiary/aromatic N) is 1. The van der Waals surface area contributed by atoms with E-state index < -0.39 is 12.1 Å². The van der Waals surface area contributed by atoms with Crippen LogP contribution in [0.25, 0.3) is 0 Å². The van der Waals surface area contributed by atoms with Crippen molar-refractivity contribution in [1.82, 2.24) is 15.5 Å². The molecule has 0 aliphatic rings. The van der Waals surface area contributed by atoms with Crippen LogP contribution in [0.15, 0.2) is 48.5 Å². The van der Waals surface area contributed by atoms with Crippen molar-refractivity contribution in [3.05, 3.63) is 59.7 Å². The molecule has 3 N–H and O–H groups in total. The molecule has 0 fully saturated rings. The first-order valence-corrected chi connectivity index (χ1v) is 13.6. The van der Waals surface area contributed by atoms with Crippen LogP contribution in [0.4, 0.5) is 0 Å². The topological polar surface area (TPSA) is 100 Å². The summed E-state index contributed by atoms with van der Waals surface area (Å²) in [5.74, 6) is 1.42. The molecule has 0 aliphatic carbocycles. The van der Waals surface area contributed by atoms with Crippen LogP contribution in [0.3, 0.4) is 0 Å². The molecule has 2 rings (SSSR count). The van der Waals surface area contributed by atoms with Gasteiger partial charge in [0, 0.05) is 39.0 Å². The number of carbonyl (C=O) groups excluding carboxylic acids is 2. The quantitative estimate of drug-likeness (QED) is 0.273. The van der Waals surface area contributed by atoms with E-state index in [-0.39, 0.29) is 18.2 Å². The third-order valence-corrected chi connectivity index (χ3v) is 6.35. The summed E-state index contributed by atoms with van der Waals surface area (Å²) in [5.41, 5.74) is 1.99. The van der Waals surface area contributed by atoms with E-state index in [1.54, 1.807) is 14.2 Å². The average molecular weight is 528 g/mol. The average Bonchev–Trinajstić information content (AvgIpc) is 2.92. The van der Waals surface area contributed by atoms with Gasteiger partial charge in [-0.25, -0.2) is 0 Å². The Morgan fingerprint density at radius 1 is 0.921 bits per heavy atom. The molecular weight excluding hydrogens is 482 g/mol. The lowest BCUT2D eigenvalue weighted by Gasteiger charge is -2.25. The zero-order chi connectivity index (χ0) is 27.8. The second kappa shape index (κ2) is 17.4. The molecule has 2 atom stereocenters. The van der Waals surface area contributed by atoms with Crippen LogP contribution in [0.1, 0.15) is 57.1 Å². The maximum absolute atomic E-state index is 12.8. The summed E-state index contributed by atoms with van der Waals surface area (Å²) < 4.78 is 10.6. The van der Waals surface area contributed by atoms with Gasteiger partial charge in [-0.3, -0.25) is 9.59 Å². The first-order valence-electron chi connectivity index (χ1n) is 13.6. The number of nitrogens with one attached hydrogen (secondary N) is 2. The first kappa shape index (κ1) is 31.1. The van der Waals surface area contributed by atoms with Gasteiger partial charge in [0.1, 0.15) is 11.5 Å². The smallest absolute Gasteiger partial charge is 0.222 e. The van der Waals surface area contributed by atoms with E-state index in [1.165, 1.54) is 0 Å². The van der Waals surface area contributed by atoms with Gasteiger partial charge in [0.05, 0.1) is 26.4 Å². The molecule has 2 aromatic rings. The van der Waals surface area contributed by atoms with E-state index in [4.69, 9.17) is 9.47 Å². The molecule has 0 heterocycles. The molecule has 0 aliphatic heterocycles. The van der Waals surface area contributed by atoms with E-state index in [1.807, 2.05) is 53.4 Å². The maximum Gasteiger partial charge on any atom is 0.222 e. The summed E-state index contributed by atoms with van der Waals surface area (Å²) in [6.07, 6.45) is 2.52. The Morgan fingerprint density at radius 3 is 2.13 bits per heavy atom. The number of rotatable bonds is 18. The Balaban J connectivity index is 1.96. The van der Waals surface area contributed by atoms with E-state index in [0.29, 0.717) is 32.4 Å². The molecule has 8 heteroatoms. The van der Waals surface area contributed by atoms with Crippen molar-refractivity contribution in [2.45, 2.75) is 71.1 Å². The Morgan fingerprint density at radius 2 is 1.53 bits per heavy atom. The minimum absolute atomic E-state index is 0.0937. The van der Waals surface area contributed by atoms with Crippen LogP contribution in [0, 0.1) is 0 Å². The second-order valence-corrected chi connectivity index (χ2v) is 9.51. The van der Waals surface area contributed by atoms with Crippen LogP contribution < -0.4 is 20.1 Å². The van der Waals surface area contributed by atoms with Crippen LogP contribution >= 0.6 is 0 Å². The molecule has 2 aromatic carbocycles. The number of aliphatic hydroxyl groups is 1. The first-order chi connectivity index (χ1) is 18.4. The van der Waals surface area contributed by atoms with Crippen LogP contribution in [-0.2, 0) is 22.6 Å². The third kappa shape index (κ3) is 11.1. The molecule has 8 nitrogen and oxygen atoms in total. The zero-order valence-corrected chi connectivity index (χ0v) is 23.4. The van der Waals surface area contributed by atoms with Crippen molar-refractivity contribution < 1.29 is 24.2 Å². The van der Waals surface area contributed by atoms with Crippen molar-refractivity contribution in [2.24, 2.45) is 0 Å². The normalized spacial score (nSPS) is 12.4. The molecule has 0 spiro atoms. The van der Waals surface area contributed by atoms with Gasteiger partial charge in [0.2, 0.25) is 11.8 Å².